The molecule has 0 aliphatic heterocycles. The second-order valence-electron chi connectivity index (χ2n) is 6.39. The number of para-hydroxylation sites is 1. The van der Waals surface area contributed by atoms with Crippen molar-refractivity contribution in [3.8, 4) is 0 Å². The van der Waals surface area contributed by atoms with Gasteiger partial charge in [0.25, 0.3) is 11.5 Å². The first kappa shape index (κ1) is 18.5. The number of aryl methyl sites for hydroxylation is 1. The molecule has 0 saturated carbocycles. The van der Waals surface area contributed by atoms with Gasteiger partial charge in [-0.2, -0.15) is 0 Å². The van der Waals surface area contributed by atoms with E-state index in [1.807, 2.05) is 13.8 Å². The van der Waals surface area contributed by atoms with Gasteiger partial charge in [-0.15, -0.1) is 0 Å². The maximum Gasteiger partial charge on any atom is 0.329 e. The largest absolute Gasteiger partial charge is 0.329 e. The number of aromatic amines is 1. The Kier molecular flexibility index (Phi) is 4.89. The molecule has 1 amide bonds. The monoisotopic (exact) mass is 370 g/mol. The fourth-order valence-electron chi connectivity index (χ4n) is 2.81. The molecule has 2 N–H and O–H groups in total. The summed E-state index contributed by atoms with van der Waals surface area (Å²) < 4.78 is 15.2. The predicted octanol–water partition coefficient (Wildman–Crippen LogP) is 2.62. The van der Waals surface area contributed by atoms with E-state index in [2.05, 4.69) is 15.3 Å². The number of benzene rings is 1. The second kappa shape index (κ2) is 7.14. The van der Waals surface area contributed by atoms with Crippen molar-refractivity contribution in [1.82, 2.24) is 14.5 Å². The van der Waals surface area contributed by atoms with Gasteiger partial charge in [-0.05, 0) is 31.0 Å². The van der Waals surface area contributed by atoms with E-state index in [-0.39, 0.29) is 34.7 Å². The highest BCUT2D eigenvalue weighted by Gasteiger charge is 2.20. The number of pyridine rings is 1. The minimum Gasteiger partial charge on any atom is -0.319 e. The van der Waals surface area contributed by atoms with Gasteiger partial charge in [-0.3, -0.25) is 19.1 Å². The standard InChI is InChI=1S/C19H19FN4O3/c1-4-24-16-15(18(26)23-19(24)27)11(9-14(21-16)10(2)3)17(25)22-13-8-6-5-7-12(13)20/h5-10H,4H2,1-3H3,(H,22,25)(H,23,26,27). The molecule has 0 aliphatic carbocycles. The number of hydrogen-bond acceptors (Lipinski definition) is 4. The summed E-state index contributed by atoms with van der Waals surface area (Å²) in [5, 5.41) is 2.48. The molecule has 7 nitrogen and oxygen atoms in total. The maximum absolute atomic E-state index is 13.9. The van der Waals surface area contributed by atoms with E-state index in [1.165, 1.54) is 28.8 Å². The molecule has 3 rings (SSSR count). The predicted molar refractivity (Wildman–Crippen MR) is 101 cm³/mol. The molecule has 2 aromatic heterocycles. The number of aromatic nitrogens is 3. The Hall–Kier alpha value is -3.29. The zero-order valence-corrected chi connectivity index (χ0v) is 15.2. The molecule has 0 atom stereocenters. The van der Waals surface area contributed by atoms with Crippen molar-refractivity contribution < 1.29 is 9.18 Å². The van der Waals surface area contributed by atoms with Crippen LogP contribution in [0.15, 0.2) is 39.9 Å². The summed E-state index contributed by atoms with van der Waals surface area (Å²) in [6.45, 7) is 5.78. The third-order valence-electron chi connectivity index (χ3n) is 4.24. The van der Waals surface area contributed by atoms with Crippen LogP contribution >= 0.6 is 0 Å². The van der Waals surface area contributed by atoms with Gasteiger partial charge in [0.05, 0.1) is 16.6 Å². The van der Waals surface area contributed by atoms with Crippen molar-refractivity contribution in [3.63, 3.8) is 0 Å². The van der Waals surface area contributed by atoms with Gasteiger partial charge in [0.2, 0.25) is 0 Å². The van der Waals surface area contributed by atoms with Crippen LogP contribution in [0.5, 0.6) is 0 Å². The highest BCUT2D eigenvalue weighted by atomic mass is 19.1. The molecule has 0 fully saturated rings. The topological polar surface area (TPSA) is 96.9 Å². The third-order valence-corrected chi connectivity index (χ3v) is 4.24. The van der Waals surface area contributed by atoms with Gasteiger partial charge in [0.1, 0.15) is 5.82 Å². The lowest BCUT2D eigenvalue weighted by Crippen LogP contribution is -2.32. The molecule has 8 heteroatoms. The summed E-state index contributed by atoms with van der Waals surface area (Å²) >= 11 is 0. The first-order valence-electron chi connectivity index (χ1n) is 8.57. The minimum absolute atomic E-state index is 0.00111. The van der Waals surface area contributed by atoms with Crippen LogP contribution in [0.4, 0.5) is 10.1 Å². The average Bonchev–Trinajstić information content (AvgIpc) is 2.62. The number of hydrogen-bond donors (Lipinski definition) is 2. The van der Waals surface area contributed by atoms with E-state index in [9.17, 15) is 18.8 Å². The van der Waals surface area contributed by atoms with Gasteiger partial charge in [0.15, 0.2) is 5.65 Å². The molecule has 0 radical (unpaired) electrons. The zero-order chi connectivity index (χ0) is 19.7. The van der Waals surface area contributed by atoms with Crippen molar-refractivity contribution >= 4 is 22.6 Å². The summed E-state index contributed by atoms with van der Waals surface area (Å²) in [6.07, 6.45) is 0. The first-order valence-corrected chi connectivity index (χ1v) is 8.57. The Labute approximate surface area is 153 Å². The number of halogens is 1. The van der Waals surface area contributed by atoms with Crippen molar-refractivity contribution in [2.75, 3.05) is 5.32 Å². The summed E-state index contributed by atoms with van der Waals surface area (Å²) in [6, 6.07) is 7.25. The van der Waals surface area contributed by atoms with Gasteiger partial charge < -0.3 is 5.32 Å². The molecule has 140 valence electrons. The van der Waals surface area contributed by atoms with Gasteiger partial charge in [-0.1, -0.05) is 26.0 Å². The van der Waals surface area contributed by atoms with Gasteiger partial charge in [0, 0.05) is 12.2 Å². The van der Waals surface area contributed by atoms with E-state index in [1.54, 1.807) is 13.0 Å². The molecule has 3 aromatic rings. The first-order chi connectivity index (χ1) is 12.8. The number of rotatable bonds is 4. The number of nitrogens with one attached hydrogen (secondary N) is 2. The lowest BCUT2D eigenvalue weighted by molar-refractivity contribution is 0.102. The second-order valence-corrected chi connectivity index (χ2v) is 6.39. The summed E-state index contributed by atoms with van der Waals surface area (Å²) in [4.78, 5) is 44.0. The summed E-state index contributed by atoms with van der Waals surface area (Å²) in [7, 11) is 0. The SMILES string of the molecule is CCn1c(=O)[nH]c(=O)c2c(C(=O)Nc3ccccc3F)cc(C(C)C)nc21. The van der Waals surface area contributed by atoms with Crippen LogP contribution in [0.2, 0.25) is 0 Å². The Morgan fingerprint density at radius 3 is 2.63 bits per heavy atom. The van der Waals surface area contributed by atoms with Crippen LogP contribution < -0.4 is 16.6 Å². The summed E-state index contributed by atoms with van der Waals surface area (Å²) in [5.41, 5.74) is -0.580. The Morgan fingerprint density at radius 2 is 2.00 bits per heavy atom. The molecule has 0 unspecified atom stereocenters. The molecule has 2 heterocycles. The van der Waals surface area contributed by atoms with Gasteiger partial charge in [-0.25, -0.2) is 14.2 Å². The lowest BCUT2D eigenvalue weighted by Gasteiger charge is -2.14. The van der Waals surface area contributed by atoms with Crippen molar-refractivity contribution in [1.29, 1.82) is 0 Å². The highest BCUT2D eigenvalue weighted by Crippen LogP contribution is 2.21. The van der Waals surface area contributed by atoms with E-state index >= 15 is 0 Å². The fraction of sp³-hybridized carbons (Fsp3) is 0.263. The summed E-state index contributed by atoms with van der Waals surface area (Å²) in [5.74, 6) is -1.29. The number of H-pyrrole nitrogens is 1. The van der Waals surface area contributed by atoms with Crippen LogP contribution in [-0.2, 0) is 6.54 Å². The molecular formula is C19H19FN4O3. The van der Waals surface area contributed by atoms with Crippen molar-refractivity contribution in [2.45, 2.75) is 33.2 Å². The molecule has 27 heavy (non-hydrogen) atoms. The number of anilines is 1. The third kappa shape index (κ3) is 3.38. The molecule has 1 aromatic carbocycles. The Morgan fingerprint density at radius 1 is 1.30 bits per heavy atom. The molecular weight excluding hydrogens is 351 g/mol. The van der Waals surface area contributed by atoms with Crippen LogP contribution in [0.1, 0.15) is 42.7 Å². The molecule has 0 saturated heterocycles. The normalized spacial score (nSPS) is 11.1. The van der Waals surface area contributed by atoms with Crippen molar-refractivity contribution in [2.24, 2.45) is 0 Å². The van der Waals surface area contributed by atoms with E-state index in [0.29, 0.717) is 5.69 Å². The number of carbonyl (C=O) groups is 1. The number of carbonyl (C=O) groups excluding carboxylic acids is 1. The van der Waals surface area contributed by atoms with Crippen molar-refractivity contribution in [3.05, 3.63) is 68.2 Å². The van der Waals surface area contributed by atoms with E-state index in [0.717, 1.165) is 0 Å². The number of nitrogens with zero attached hydrogens (tertiary/aromatic N) is 2. The fourth-order valence-corrected chi connectivity index (χ4v) is 2.81. The average molecular weight is 370 g/mol. The molecule has 0 aliphatic rings. The molecule has 0 bridgehead atoms. The quantitative estimate of drug-likeness (QED) is 0.738. The Bertz CT molecular complexity index is 1150. The zero-order valence-electron chi connectivity index (χ0n) is 15.2. The van der Waals surface area contributed by atoms with E-state index < -0.39 is 23.0 Å². The highest BCUT2D eigenvalue weighted by molar-refractivity contribution is 6.11. The van der Waals surface area contributed by atoms with Gasteiger partial charge >= 0.3 is 5.69 Å². The minimum atomic E-state index is -0.707. The molecule has 0 spiro atoms. The lowest BCUT2D eigenvalue weighted by atomic mass is 10.0. The number of fused-ring (bicyclic) bond motifs is 1. The van der Waals surface area contributed by atoms with Crippen LogP contribution in [0, 0.1) is 5.82 Å². The van der Waals surface area contributed by atoms with Crippen LogP contribution in [-0.4, -0.2) is 20.4 Å². The van der Waals surface area contributed by atoms with Crippen LogP contribution in [0.3, 0.4) is 0 Å². The smallest absolute Gasteiger partial charge is 0.319 e. The number of amides is 1. The van der Waals surface area contributed by atoms with E-state index in [4.69, 9.17) is 0 Å². The van der Waals surface area contributed by atoms with Crippen LogP contribution in [0.25, 0.3) is 11.0 Å². The Balaban J connectivity index is 2.28. The maximum atomic E-state index is 13.9.